The Morgan fingerprint density at radius 2 is 2.31 bits per heavy atom. The first kappa shape index (κ1) is 8.54. The van der Waals surface area contributed by atoms with E-state index in [1.807, 2.05) is 0 Å². The van der Waals surface area contributed by atoms with Gasteiger partial charge in [-0.3, -0.25) is 0 Å². The molecule has 3 nitrogen and oxygen atoms in total. The summed E-state index contributed by atoms with van der Waals surface area (Å²) in [6.07, 6.45) is 0. The standard InChI is InChI=1S/C8H3BrClN3/c9-5-2-7-6(1-4(5)3-11)12-8(10)13-7/h1-2H,(H,12,13). The van der Waals surface area contributed by atoms with Gasteiger partial charge in [0.25, 0.3) is 0 Å². The van der Waals surface area contributed by atoms with E-state index in [0.29, 0.717) is 16.4 Å². The average molecular weight is 256 g/mol. The molecule has 5 heteroatoms. The van der Waals surface area contributed by atoms with Crippen molar-refractivity contribution < 1.29 is 0 Å². The highest BCUT2D eigenvalue weighted by Crippen LogP contribution is 2.23. The molecule has 0 amide bonds. The van der Waals surface area contributed by atoms with Crippen molar-refractivity contribution in [3.8, 4) is 6.07 Å². The van der Waals surface area contributed by atoms with E-state index in [1.165, 1.54) is 0 Å². The molecule has 0 bridgehead atoms. The number of hydrogen-bond donors (Lipinski definition) is 1. The number of rotatable bonds is 0. The Morgan fingerprint density at radius 3 is 3.00 bits per heavy atom. The van der Waals surface area contributed by atoms with E-state index in [2.05, 4.69) is 32.0 Å². The maximum atomic E-state index is 8.73. The molecular weight excluding hydrogens is 253 g/mol. The lowest BCUT2D eigenvalue weighted by molar-refractivity contribution is 1.34. The largest absolute Gasteiger partial charge is 0.329 e. The van der Waals surface area contributed by atoms with Crippen LogP contribution in [0.5, 0.6) is 0 Å². The second-order valence-corrected chi connectivity index (χ2v) is 3.70. The van der Waals surface area contributed by atoms with Crippen LogP contribution in [0, 0.1) is 11.3 Å². The van der Waals surface area contributed by atoms with Gasteiger partial charge in [-0.15, -0.1) is 0 Å². The maximum Gasteiger partial charge on any atom is 0.201 e. The third-order valence-corrected chi connectivity index (χ3v) is 2.50. The molecule has 13 heavy (non-hydrogen) atoms. The number of aromatic nitrogens is 2. The van der Waals surface area contributed by atoms with Gasteiger partial charge in [-0.05, 0) is 39.7 Å². The number of benzene rings is 1. The van der Waals surface area contributed by atoms with E-state index in [4.69, 9.17) is 16.9 Å². The summed E-state index contributed by atoms with van der Waals surface area (Å²) in [5.74, 6) is 0. The zero-order valence-corrected chi connectivity index (χ0v) is 8.65. The van der Waals surface area contributed by atoms with Crippen LogP contribution in [0.3, 0.4) is 0 Å². The highest BCUT2D eigenvalue weighted by atomic mass is 79.9. The van der Waals surface area contributed by atoms with Crippen molar-refractivity contribution in [2.45, 2.75) is 0 Å². The van der Waals surface area contributed by atoms with Crippen molar-refractivity contribution in [3.63, 3.8) is 0 Å². The second-order valence-electron chi connectivity index (χ2n) is 2.49. The smallest absolute Gasteiger partial charge is 0.201 e. The molecule has 0 spiro atoms. The Morgan fingerprint density at radius 1 is 1.54 bits per heavy atom. The highest BCUT2D eigenvalue weighted by Gasteiger charge is 2.05. The topological polar surface area (TPSA) is 52.5 Å². The SMILES string of the molecule is N#Cc1cc2nc(Cl)[nH]c2cc1Br. The fourth-order valence-electron chi connectivity index (χ4n) is 1.08. The van der Waals surface area contributed by atoms with Crippen molar-refractivity contribution in [1.82, 2.24) is 9.97 Å². The normalized spacial score (nSPS) is 10.2. The summed E-state index contributed by atoms with van der Waals surface area (Å²) in [5.41, 5.74) is 2.07. The number of fused-ring (bicyclic) bond motifs is 1. The molecule has 1 aromatic carbocycles. The van der Waals surface area contributed by atoms with Gasteiger partial charge in [0.05, 0.1) is 16.6 Å². The zero-order chi connectivity index (χ0) is 9.42. The lowest BCUT2D eigenvalue weighted by atomic mass is 10.2. The summed E-state index contributed by atoms with van der Waals surface area (Å²) in [5, 5.41) is 9.06. The van der Waals surface area contributed by atoms with E-state index in [0.717, 1.165) is 9.99 Å². The first-order valence-electron chi connectivity index (χ1n) is 3.45. The molecule has 0 aliphatic carbocycles. The van der Waals surface area contributed by atoms with Crippen molar-refractivity contribution in [3.05, 3.63) is 27.5 Å². The monoisotopic (exact) mass is 255 g/mol. The van der Waals surface area contributed by atoms with Crippen molar-refractivity contribution >= 4 is 38.6 Å². The van der Waals surface area contributed by atoms with Crippen LogP contribution >= 0.6 is 27.5 Å². The van der Waals surface area contributed by atoms with Gasteiger partial charge < -0.3 is 4.98 Å². The van der Waals surface area contributed by atoms with Gasteiger partial charge in [-0.1, -0.05) is 0 Å². The second kappa shape index (κ2) is 3.02. The van der Waals surface area contributed by atoms with Crippen molar-refractivity contribution in [1.29, 1.82) is 5.26 Å². The van der Waals surface area contributed by atoms with Crippen LogP contribution in [-0.2, 0) is 0 Å². The third kappa shape index (κ3) is 1.41. The summed E-state index contributed by atoms with van der Waals surface area (Å²) >= 11 is 8.94. The molecule has 1 heterocycles. The van der Waals surface area contributed by atoms with E-state index < -0.39 is 0 Å². The molecule has 0 atom stereocenters. The molecule has 2 aromatic rings. The number of nitrogens with zero attached hydrogens (tertiary/aromatic N) is 2. The highest BCUT2D eigenvalue weighted by molar-refractivity contribution is 9.10. The number of imidazole rings is 1. The molecule has 0 radical (unpaired) electrons. The first-order valence-corrected chi connectivity index (χ1v) is 4.62. The van der Waals surface area contributed by atoms with Gasteiger partial charge in [0.1, 0.15) is 6.07 Å². The maximum absolute atomic E-state index is 8.73. The van der Waals surface area contributed by atoms with Gasteiger partial charge in [0.15, 0.2) is 0 Å². The Kier molecular flexibility index (Phi) is 1.98. The predicted octanol–water partition coefficient (Wildman–Crippen LogP) is 2.85. The van der Waals surface area contributed by atoms with Crippen LogP contribution in [0.4, 0.5) is 0 Å². The average Bonchev–Trinajstić information content (AvgIpc) is 2.42. The molecule has 0 aliphatic heterocycles. The van der Waals surface area contributed by atoms with Gasteiger partial charge in [-0.25, -0.2) is 4.98 Å². The summed E-state index contributed by atoms with van der Waals surface area (Å²) in [7, 11) is 0. The van der Waals surface area contributed by atoms with Crippen molar-refractivity contribution in [2.75, 3.05) is 0 Å². The number of nitriles is 1. The van der Waals surface area contributed by atoms with Crippen LogP contribution in [-0.4, -0.2) is 9.97 Å². The molecule has 1 aromatic heterocycles. The fourth-order valence-corrected chi connectivity index (χ4v) is 1.71. The van der Waals surface area contributed by atoms with E-state index in [1.54, 1.807) is 12.1 Å². The van der Waals surface area contributed by atoms with Crippen LogP contribution < -0.4 is 0 Å². The van der Waals surface area contributed by atoms with Gasteiger partial charge in [0.2, 0.25) is 5.28 Å². The van der Waals surface area contributed by atoms with E-state index in [-0.39, 0.29) is 0 Å². The molecule has 0 unspecified atom stereocenters. The van der Waals surface area contributed by atoms with Gasteiger partial charge >= 0.3 is 0 Å². The molecule has 0 saturated carbocycles. The minimum Gasteiger partial charge on any atom is -0.329 e. The Hall–Kier alpha value is -1.05. The molecule has 0 aliphatic rings. The number of nitrogens with one attached hydrogen (secondary N) is 1. The molecule has 64 valence electrons. The molecule has 0 fully saturated rings. The fraction of sp³-hybridized carbons (Fsp3) is 0. The molecule has 1 N–H and O–H groups in total. The van der Waals surface area contributed by atoms with Gasteiger partial charge in [0, 0.05) is 4.47 Å². The number of halogens is 2. The van der Waals surface area contributed by atoms with Crippen LogP contribution in [0.1, 0.15) is 5.56 Å². The Bertz CT molecular complexity index is 512. The minimum atomic E-state index is 0.331. The Labute approximate surface area is 87.5 Å². The van der Waals surface area contributed by atoms with E-state index >= 15 is 0 Å². The summed E-state index contributed by atoms with van der Waals surface area (Å²) in [6, 6.07) is 5.52. The van der Waals surface area contributed by atoms with Crippen LogP contribution in [0.2, 0.25) is 5.28 Å². The van der Waals surface area contributed by atoms with Crippen molar-refractivity contribution in [2.24, 2.45) is 0 Å². The lowest BCUT2D eigenvalue weighted by Gasteiger charge is -1.93. The third-order valence-electron chi connectivity index (χ3n) is 1.66. The summed E-state index contributed by atoms with van der Waals surface area (Å²) in [6.45, 7) is 0. The van der Waals surface area contributed by atoms with Gasteiger partial charge in [-0.2, -0.15) is 5.26 Å². The Balaban J connectivity index is 2.82. The summed E-state index contributed by atoms with van der Waals surface area (Å²) < 4.78 is 0.739. The van der Waals surface area contributed by atoms with Crippen LogP contribution in [0.25, 0.3) is 11.0 Å². The minimum absolute atomic E-state index is 0.331. The molecular formula is C8H3BrClN3. The number of aromatic amines is 1. The quantitative estimate of drug-likeness (QED) is 0.788. The number of H-pyrrole nitrogens is 1. The summed E-state index contributed by atoms with van der Waals surface area (Å²) in [4.78, 5) is 6.87. The molecule has 2 rings (SSSR count). The first-order chi connectivity index (χ1) is 6.20. The van der Waals surface area contributed by atoms with Crippen LogP contribution in [0.15, 0.2) is 16.6 Å². The lowest BCUT2D eigenvalue weighted by Crippen LogP contribution is -1.77. The zero-order valence-electron chi connectivity index (χ0n) is 6.31. The molecule has 0 saturated heterocycles. The number of hydrogen-bond acceptors (Lipinski definition) is 2. The predicted molar refractivity (Wildman–Crippen MR) is 53.5 cm³/mol. The van der Waals surface area contributed by atoms with E-state index in [9.17, 15) is 0 Å².